The van der Waals surface area contributed by atoms with Crippen LogP contribution in [0.5, 0.6) is 5.75 Å². The highest BCUT2D eigenvalue weighted by Crippen LogP contribution is 2.18. The molecule has 23 heavy (non-hydrogen) atoms. The first-order valence-corrected chi connectivity index (χ1v) is 6.84. The van der Waals surface area contributed by atoms with Crippen molar-refractivity contribution >= 4 is 22.5 Å². The molecule has 116 valence electrons. The summed E-state index contributed by atoms with van der Waals surface area (Å²) in [6, 6.07) is 12.1. The van der Waals surface area contributed by atoms with Gasteiger partial charge in [-0.1, -0.05) is 18.2 Å². The molecule has 1 aromatic heterocycles. The fraction of sp³-hybridized carbons (Fsp3) is 0.0588. The maximum Gasteiger partial charge on any atom is 0.262 e. The lowest BCUT2D eigenvalue weighted by Gasteiger charge is -2.08. The summed E-state index contributed by atoms with van der Waals surface area (Å²) in [5, 5.41) is 3.50. The summed E-state index contributed by atoms with van der Waals surface area (Å²) in [7, 11) is 0. The predicted molar refractivity (Wildman–Crippen MR) is 82.2 cm³/mol. The molecule has 1 heterocycles. The van der Waals surface area contributed by atoms with Gasteiger partial charge in [-0.2, -0.15) is 0 Å². The second-order valence-electron chi connectivity index (χ2n) is 4.83. The highest BCUT2D eigenvalue weighted by molar-refractivity contribution is 5.93. The lowest BCUT2D eigenvalue weighted by atomic mass is 10.2. The maximum absolute atomic E-state index is 13.4. The van der Waals surface area contributed by atoms with Crippen LogP contribution < -0.4 is 10.1 Å². The van der Waals surface area contributed by atoms with Gasteiger partial charge in [-0.05, 0) is 24.3 Å². The van der Waals surface area contributed by atoms with E-state index in [-0.39, 0.29) is 5.75 Å². The summed E-state index contributed by atoms with van der Waals surface area (Å²) < 4.78 is 31.2. The topological polar surface area (TPSA) is 51.2 Å². The number of pyridine rings is 1. The standard InChI is InChI=1S/C17H12F2N2O2/c18-12-5-6-16(14(19)8-12)23-10-17(22)21-13-7-11-3-1-2-4-15(11)20-9-13/h1-9H,10H2,(H,21,22). The zero-order valence-electron chi connectivity index (χ0n) is 11.9. The van der Waals surface area contributed by atoms with Crippen molar-refractivity contribution in [1.29, 1.82) is 0 Å². The number of benzene rings is 2. The molecule has 0 aliphatic heterocycles. The predicted octanol–water partition coefficient (Wildman–Crippen LogP) is 3.53. The molecule has 0 saturated carbocycles. The van der Waals surface area contributed by atoms with Gasteiger partial charge >= 0.3 is 0 Å². The molecule has 0 aliphatic carbocycles. The fourth-order valence-electron chi connectivity index (χ4n) is 2.07. The molecule has 0 saturated heterocycles. The number of aromatic nitrogens is 1. The molecule has 0 bridgehead atoms. The second-order valence-corrected chi connectivity index (χ2v) is 4.83. The highest BCUT2D eigenvalue weighted by Gasteiger charge is 2.09. The van der Waals surface area contributed by atoms with Crippen molar-refractivity contribution in [1.82, 2.24) is 4.98 Å². The third-order valence-electron chi connectivity index (χ3n) is 3.13. The molecule has 0 fully saturated rings. The normalized spacial score (nSPS) is 10.5. The zero-order valence-corrected chi connectivity index (χ0v) is 11.9. The number of carbonyl (C=O) groups is 1. The lowest BCUT2D eigenvalue weighted by Crippen LogP contribution is -2.20. The number of carbonyl (C=O) groups excluding carboxylic acids is 1. The van der Waals surface area contributed by atoms with Crippen molar-refractivity contribution in [3.8, 4) is 5.75 Å². The number of rotatable bonds is 4. The Morgan fingerprint density at radius 2 is 1.96 bits per heavy atom. The summed E-state index contributed by atoms with van der Waals surface area (Å²) >= 11 is 0. The van der Waals surface area contributed by atoms with Gasteiger partial charge in [-0.25, -0.2) is 8.78 Å². The molecule has 4 nitrogen and oxygen atoms in total. The average molecular weight is 314 g/mol. The molecule has 6 heteroatoms. The van der Waals surface area contributed by atoms with Crippen LogP contribution in [0, 0.1) is 11.6 Å². The van der Waals surface area contributed by atoms with E-state index in [2.05, 4.69) is 10.3 Å². The van der Waals surface area contributed by atoms with Crippen molar-refractivity contribution in [3.63, 3.8) is 0 Å². The minimum Gasteiger partial charge on any atom is -0.481 e. The third kappa shape index (κ3) is 3.60. The Bertz CT molecular complexity index is 868. The summed E-state index contributed by atoms with van der Waals surface area (Å²) in [6.45, 7) is -0.393. The number of nitrogens with zero attached hydrogens (tertiary/aromatic N) is 1. The Labute approximate surface area is 130 Å². The van der Waals surface area contributed by atoms with Crippen molar-refractivity contribution in [2.45, 2.75) is 0 Å². The van der Waals surface area contributed by atoms with E-state index in [0.717, 1.165) is 23.0 Å². The zero-order chi connectivity index (χ0) is 16.2. The number of hydrogen-bond donors (Lipinski definition) is 1. The fourth-order valence-corrected chi connectivity index (χ4v) is 2.07. The summed E-state index contributed by atoms with van der Waals surface area (Å²) in [5.74, 6) is -2.21. The van der Waals surface area contributed by atoms with Crippen molar-refractivity contribution in [3.05, 3.63) is 66.4 Å². The Morgan fingerprint density at radius 1 is 1.13 bits per heavy atom. The minimum atomic E-state index is -0.856. The quantitative estimate of drug-likeness (QED) is 0.801. The molecule has 0 atom stereocenters. The Hall–Kier alpha value is -3.02. The number of para-hydroxylation sites is 1. The van der Waals surface area contributed by atoms with Crippen LogP contribution in [0.3, 0.4) is 0 Å². The molecule has 3 aromatic rings. The maximum atomic E-state index is 13.4. The molecule has 0 unspecified atom stereocenters. The number of nitrogens with one attached hydrogen (secondary N) is 1. The third-order valence-corrected chi connectivity index (χ3v) is 3.13. The van der Waals surface area contributed by atoms with Crippen LogP contribution in [0.25, 0.3) is 10.9 Å². The molecule has 1 amide bonds. The van der Waals surface area contributed by atoms with E-state index in [1.165, 1.54) is 6.20 Å². The van der Waals surface area contributed by atoms with Crippen molar-refractivity contribution < 1.29 is 18.3 Å². The average Bonchev–Trinajstić information content (AvgIpc) is 2.54. The largest absolute Gasteiger partial charge is 0.481 e. The van der Waals surface area contributed by atoms with E-state index in [1.54, 1.807) is 6.07 Å². The van der Waals surface area contributed by atoms with Crippen LogP contribution >= 0.6 is 0 Å². The first-order chi connectivity index (χ1) is 11.1. The molecule has 3 rings (SSSR count). The number of hydrogen-bond acceptors (Lipinski definition) is 3. The van der Waals surface area contributed by atoms with Gasteiger partial charge in [0.25, 0.3) is 5.91 Å². The summed E-state index contributed by atoms with van der Waals surface area (Å²) in [5.41, 5.74) is 1.33. The summed E-state index contributed by atoms with van der Waals surface area (Å²) in [4.78, 5) is 16.1. The van der Waals surface area contributed by atoms with Crippen LogP contribution in [0.4, 0.5) is 14.5 Å². The van der Waals surface area contributed by atoms with E-state index >= 15 is 0 Å². The molecule has 1 N–H and O–H groups in total. The second kappa shape index (κ2) is 6.39. The van der Waals surface area contributed by atoms with Crippen LogP contribution in [0.1, 0.15) is 0 Å². The molecule has 0 radical (unpaired) electrons. The Kier molecular flexibility index (Phi) is 4.14. The van der Waals surface area contributed by atoms with E-state index in [9.17, 15) is 13.6 Å². The Balaban J connectivity index is 1.64. The monoisotopic (exact) mass is 314 g/mol. The van der Waals surface area contributed by atoms with E-state index < -0.39 is 24.1 Å². The van der Waals surface area contributed by atoms with Crippen LogP contribution in [-0.4, -0.2) is 17.5 Å². The molecule has 0 spiro atoms. The van der Waals surface area contributed by atoms with Gasteiger partial charge in [0.15, 0.2) is 18.2 Å². The van der Waals surface area contributed by atoms with Crippen molar-refractivity contribution in [2.24, 2.45) is 0 Å². The van der Waals surface area contributed by atoms with Crippen LogP contribution in [0.15, 0.2) is 54.7 Å². The molecular weight excluding hydrogens is 302 g/mol. The van der Waals surface area contributed by atoms with E-state index in [0.29, 0.717) is 11.8 Å². The SMILES string of the molecule is O=C(COc1ccc(F)cc1F)Nc1cnc2ccccc2c1. The van der Waals surface area contributed by atoms with E-state index in [4.69, 9.17) is 4.74 Å². The van der Waals surface area contributed by atoms with Gasteiger partial charge in [-0.15, -0.1) is 0 Å². The number of fused-ring (bicyclic) bond motifs is 1. The Morgan fingerprint density at radius 3 is 2.78 bits per heavy atom. The van der Waals surface area contributed by atoms with Crippen LogP contribution in [-0.2, 0) is 4.79 Å². The first kappa shape index (κ1) is 14.9. The minimum absolute atomic E-state index is 0.182. The highest BCUT2D eigenvalue weighted by atomic mass is 19.1. The van der Waals surface area contributed by atoms with Gasteiger partial charge < -0.3 is 10.1 Å². The number of amides is 1. The summed E-state index contributed by atoms with van der Waals surface area (Å²) in [6.07, 6.45) is 1.53. The number of halogens is 2. The first-order valence-electron chi connectivity index (χ1n) is 6.84. The molecular formula is C17H12F2N2O2. The van der Waals surface area contributed by atoms with Gasteiger partial charge in [0.1, 0.15) is 5.82 Å². The number of ether oxygens (including phenoxy) is 1. The smallest absolute Gasteiger partial charge is 0.262 e. The van der Waals surface area contributed by atoms with Crippen LogP contribution in [0.2, 0.25) is 0 Å². The van der Waals surface area contributed by atoms with Crippen molar-refractivity contribution in [2.75, 3.05) is 11.9 Å². The van der Waals surface area contributed by atoms with Gasteiger partial charge in [0, 0.05) is 11.5 Å². The van der Waals surface area contributed by atoms with Gasteiger partial charge in [0.2, 0.25) is 0 Å². The molecule has 0 aliphatic rings. The number of anilines is 1. The van der Waals surface area contributed by atoms with Gasteiger partial charge in [-0.3, -0.25) is 9.78 Å². The van der Waals surface area contributed by atoms with Gasteiger partial charge in [0.05, 0.1) is 17.4 Å². The molecule has 2 aromatic carbocycles. The lowest BCUT2D eigenvalue weighted by molar-refractivity contribution is -0.118. The van der Waals surface area contributed by atoms with E-state index in [1.807, 2.05) is 24.3 Å².